The number of anilines is 2. The Morgan fingerprint density at radius 3 is 2.76 bits per heavy atom. The van der Waals surface area contributed by atoms with Gasteiger partial charge >= 0.3 is 0 Å². The average molecular weight is 344 g/mol. The van der Waals surface area contributed by atoms with E-state index >= 15 is 0 Å². The molecule has 108 valence electrons. The summed E-state index contributed by atoms with van der Waals surface area (Å²) < 4.78 is 1.00. The minimum Gasteiger partial charge on any atom is -0.384 e. The lowest BCUT2D eigenvalue weighted by Gasteiger charge is -2.33. The van der Waals surface area contributed by atoms with Crippen molar-refractivity contribution in [3.8, 4) is 0 Å². The molecule has 3 N–H and O–H groups in total. The van der Waals surface area contributed by atoms with E-state index in [1.165, 1.54) is 16.8 Å². The number of halogens is 1. The van der Waals surface area contributed by atoms with Crippen molar-refractivity contribution < 1.29 is 0 Å². The van der Waals surface area contributed by atoms with Gasteiger partial charge in [0.05, 0.1) is 5.69 Å². The number of aryl methyl sites for hydroxylation is 2. The molecule has 0 unspecified atom stereocenters. The number of nitrogens with one attached hydrogen (secondary N) is 1. The molecule has 21 heavy (non-hydrogen) atoms. The Balaban J connectivity index is 2.15. The van der Waals surface area contributed by atoms with Crippen LogP contribution >= 0.6 is 15.9 Å². The highest BCUT2D eigenvalue weighted by atomic mass is 79.9. The summed E-state index contributed by atoms with van der Waals surface area (Å²) in [5.74, 6) is 0.108. The van der Waals surface area contributed by atoms with E-state index in [1.807, 2.05) is 18.2 Å². The van der Waals surface area contributed by atoms with Gasteiger partial charge in [-0.15, -0.1) is 0 Å². The number of rotatable bonds is 2. The van der Waals surface area contributed by atoms with Crippen LogP contribution in [0.3, 0.4) is 0 Å². The fourth-order valence-electron chi connectivity index (χ4n) is 2.93. The molecule has 1 aliphatic heterocycles. The molecular weight excluding hydrogens is 326 g/mol. The van der Waals surface area contributed by atoms with Gasteiger partial charge < -0.3 is 10.6 Å². The molecule has 1 aliphatic rings. The molecular formula is C17H18BrN3. The predicted molar refractivity (Wildman–Crippen MR) is 91.7 cm³/mol. The van der Waals surface area contributed by atoms with Crippen molar-refractivity contribution in [2.24, 2.45) is 5.73 Å². The predicted octanol–water partition coefficient (Wildman–Crippen LogP) is 4.13. The lowest BCUT2D eigenvalue weighted by atomic mass is 9.98. The third kappa shape index (κ3) is 2.68. The van der Waals surface area contributed by atoms with Gasteiger partial charge in [0.15, 0.2) is 0 Å². The number of nitrogens with two attached hydrogens (primary N) is 1. The van der Waals surface area contributed by atoms with Gasteiger partial charge in [0.2, 0.25) is 0 Å². The summed E-state index contributed by atoms with van der Waals surface area (Å²) in [5, 5.41) is 7.82. The Morgan fingerprint density at radius 1 is 1.19 bits per heavy atom. The smallest absolute Gasteiger partial charge is 0.124 e. The molecule has 0 fully saturated rings. The molecule has 3 rings (SSSR count). The third-order valence-corrected chi connectivity index (χ3v) is 4.39. The lowest BCUT2D eigenvalue weighted by molar-refractivity contribution is 0.765. The first-order chi connectivity index (χ1) is 10.1. The topological polar surface area (TPSA) is 53.1 Å². The van der Waals surface area contributed by atoms with Crippen LogP contribution < -0.4 is 10.6 Å². The van der Waals surface area contributed by atoms with E-state index < -0.39 is 0 Å². The van der Waals surface area contributed by atoms with Crippen LogP contribution in [0.4, 0.5) is 11.4 Å². The minimum absolute atomic E-state index is 0.108. The van der Waals surface area contributed by atoms with E-state index in [2.05, 4.69) is 46.0 Å². The number of nitrogen functional groups attached to an aromatic ring is 1. The Morgan fingerprint density at radius 2 is 2.00 bits per heavy atom. The first-order valence-electron chi connectivity index (χ1n) is 7.07. The molecule has 0 aromatic heterocycles. The molecule has 2 aromatic carbocycles. The summed E-state index contributed by atoms with van der Waals surface area (Å²) in [4.78, 5) is 2.28. The summed E-state index contributed by atoms with van der Waals surface area (Å²) in [6.07, 6.45) is 2.22. The van der Waals surface area contributed by atoms with E-state index in [4.69, 9.17) is 11.1 Å². The molecule has 1 heterocycles. The van der Waals surface area contributed by atoms with Gasteiger partial charge in [0.25, 0.3) is 0 Å². The summed E-state index contributed by atoms with van der Waals surface area (Å²) >= 11 is 3.53. The minimum atomic E-state index is 0.108. The highest BCUT2D eigenvalue weighted by Gasteiger charge is 2.21. The molecule has 0 spiro atoms. The molecule has 0 saturated heterocycles. The second-order valence-electron chi connectivity index (χ2n) is 5.46. The summed E-state index contributed by atoms with van der Waals surface area (Å²) in [6, 6.07) is 12.5. The van der Waals surface area contributed by atoms with Crippen LogP contribution in [0, 0.1) is 12.3 Å². The molecule has 2 aromatic rings. The largest absolute Gasteiger partial charge is 0.384 e. The highest BCUT2D eigenvalue weighted by molar-refractivity contribution is 9.10. The van der Waals surface area contributed by atoms with Gasteiger partial charge in [-0.25, -0.2) is 0 Å². The van der Waals surface area contributed by atoms with Crippen molar-refractivity contribution in [1.82, 2.24) is 0 Å². The normalized spacial score (nSPS) is 13.9. The van der Waals surface area contributed by atoms with Crippen molar-refractivity contribution >= 4 is 33.1 Å². The van der Waals surface area contributed by atoms with E-state index in [0.717, 1.165) is 35.1 Å². The maximum Gasteiger partial charge on any atom is 0.124 e. The van der Waals surface area contributed by atoms with Gasteiger partial charge in [0, 0.05) is 22.3 Å². The van der Waals surface area contributed by atoms with Crippen LogP contribution in [-0.2, 0) is 6.42 Å². The van der Waals surface area contributed by atoms with E-state index in [0.29, 0.717) is 0 Å². The van der Waals surface area contributed by atoms with E-state index in [-0.39, 0.29) is 5.84 Å². The summed E-state index contributed by atoms with van der Waals surface area (Å²) in [7, 11) is 0. The summed E-state index contributed by atoms with van der Waals surface area (Å²) in [5.41, 5.74) is 11.4. The fraction of sp³-hybridized carbons (Fsp3) is 0.235. The Labute approximate surface area is 133 Å². The third-order valence-electron chi connectivity index (χ3n) is 3.89. The zero-order valence-electron chi connectivity index (χ0n) is 12.0. The van der Waals surface area contributed by atoms with E-state index in [9.17, 15) is 0 Å². The number of benzene rings is 2. The molecule has 0 aliphatic carbocycles. The average Bonchev–Trinajstić information content (AvgIpc) is 2.45. The lowest BCUT2D eigenvalue weighted by Crippen LogP contribution is -2.27. The summed E-state index contributed by atoms with van der Waals surface area (Å²) in [6.45, 7) is 3.08. The van der Waals surface area contributed by atoms with Crippen LogP contribution in [0.15, 0.2) is 40.9 Å². The van der Waals surface area contributed by atoms with Crippen molar-refractivity contribution in [3.05, 3.63) is 57.6 Å². The van der Waals surface area contributed by atoms with Gasteiger partial charge in [-0.1, -0.05) is 33.6 Å². The SMILES string of the molecule is Cc1ccc2c(c1)CCCN2c1cc(Br)ccc1C(=N)N. The van der Waals surface area contributed by atoms with E-state index in [1.54, 1.807) is 0 Å². The van der Waals surface area contributed by atoms with Crippen LogP contribution in [-0.4, -0.2) is 12.4 Å². The standard InChI is InChI=1S/C17H18BrN3/c1-11-4-7-15-12(9-11)3-2-8-21(15)16-10-13(18)5-6-14(16)17(19)20/h4-7,9-10H,2-3,8H2,1H3,(H3,19,20). The van der Waals surface area contributed by atoms with Crippen LogP contribution in [0.1, 0.15) is 23.1 Å². The molecule has 0 bridgehead atoms. The Hall–Kier alpha value is -1.81. The first kappa shape index (κ1) is 14.1. The second kappa shape index (κ2) is 5.53. The number of amidine groups is 1. The van der Waals surface area contributed by atoms with Crippen molar-refractivity contribution in [3.63, 3.8) is 0 Å². The van der Waals surface area contributed by atoms with Crippen LogP contribution in [0.25, 0.3) is 0 Å². The Bertz CT molecular complexity index is 709. The number of nitrogens with zero attached hydrogens (tertiary/aromatic N) is 1. The highest BCUT2D eigenvalue weighted by Crippen LogP contribution is 2.36. The van der Waals surface area contributed by atoms with Gasteiger partial charge in [-0.3, -0.25) is 5.41 Å². The van der Waals surface area contributed by atoms with Gasteiger partial charge in [0.1, 0.15) is 5.84 Å². The van der Waals surface area contributed by atoms with Gasteiger partial charge in [-0.2, -0.15) is 0 Å². The second-order valence-corrected chi connectivity index (χ2v) is 6.38. The molecule has 0 atom stereocenters. The zero-order valence-corrected chi connectivity index (χ0v) is 13.6. The number of hydrogen-bond donors (Lipinski definition) is 2. The number of fused-ring (bicyclic) bond motifs is 1. The molecule has 0 radical (unpaired) electrons. The maximum atomic E-state index is 7.82. The maximum absolute atomic E-state index is 7.82. The molecule has 0 amide bonds. The molecule has 0 saturated carbocycles. The molecule has 4 heteroatoms. The molecule has 3 nitrogen and oxygen atoms in total. The fourth-order valence-corrected chi connectivity index (χ4v) is 3.28. The monoisotopic (exact) mass is 343 g/mol. The first-order valence-corrected chi connectivity index (χ1v) is 7.86. The Kier molecular flexibility index (Phi) is 3.72. The van der Waals surface area contributed by atoms with Crippen LogP contribution in [0.2, 0.25) is 0 Å². The van der Waals surface area contributed by atoms with Crippen LogP contribution in [0.5, 0.6) is 0 Å². The van der Waals surface area contributed by atoms with Crippen molar-refractivity contribution in [2.75, 3.05) is 11.4 Å². The zero-order chi connectivity index (χ0) is 15.0. The number of hydrogen-bond acceptors (Lipinski definition) is 2. The van der Waals surface area contributed by atoms with Crippen molar-refractivity contribution in [2.45, 2.75) is 19.8 Å². The van der Waals surface area contributed by atoms with Gasteiger partial charge in [-0.05, 0) is 49.6 Å². The van der Waals surface area contributed by atoms with Crippen molar-refractivity contribution in [1.29, 1.82) is 5.41 Å². The quantitative estimate of drug-likeness (QED) is 0.636.